The van der Waals surface area contributed by atoms with E-state index in [1.54, 1.807) is 6.33 Å². The van der Waals surface area contributed by atoms with Crippen molar-refractivity contribution < 1.29 is 0 Å². The minimum absolute atomic E-state index is 0.959. The van der Waals surface area contributed by atoms with Gasteiger partial charge in [0.1, 0.15) is 17.2 Å². The molecule has 0 aliphatic rings. The molecule has 0 saturated carbocycles. The predicted molar refractivity (Wildman–Crippen MR) is 62.0 cm³/mol. The molecule has 0 unspecified atom stereocenters. The lowest BCUT2D eigenvalue weighted by atomic mass is 10.2. The number of aromatic nitrogens is 2. The number of anilines is 1. The summed E-state index contributed by atoms with van der Waals surface area (Å²) in [4.78, 5) is 8.51. The Morgan fingerprint density at radius 2 is 2.14 bits per heavy atom. The average molecular weight is 211 g/mol. The highest BCUT2D eigenvalue weighted by atomic mass is 32.2. The molecule has 78 valence electrons. The maximum absolute atomic E-state index is 4.31. The fraction of sp³-hybridized carbons (Fsp3) is 0.600. The highest BCUT2D eigenvalue weighted by Gasteiger charge is 2.07. The van der Waals surface area contributed by atoms with Crippen LogP contribution in [0, 0.1) is 0 Å². The normalized spacial score (nSPS) is 10.2. The smallest absolute Gasteiger partial charge is 0.133 e. The summed E-state index contributed by atoms with van der Waals surface area (Å²) in [5.41, 5.74) is 1.23. The van der Waals surface area contributed by atoms with Gasteiger partial charge >= 0.3 is 0 Å². The molecule has 4 heteroatoms. The molecule has 3 nitrogen and oxygen atoms in total. The van der Waals surface area contributed by atoms with E-state index < -0.39 is 0 Å². The quantitative estimate of drug-likeness (QED) is 0.600. The molecule has 0 aliphatic heterocycles. The van der Waals surface area contributed by atoms with Crippen LogP contribution in [0.1, 0.15) is 25.8 Å². The average Bonchev–Trinajstić information content (AvgIpc) is 2.25. The third kappa shape index (κ3) is 2.61. The largest absolute Gasteiger partial charge is 0.373 e. The molecule has 1 heterocycles. The lowest BCUT2D eigenvalue weighted by Gasteiger charge is -2.09. The van der Waals surface area contributed by atoms with Crippen molar-refractivity contribution in [2.75, 3.05) is 18.1 Å². The van der Waals surface area contributed by atoms with Crippen molar-refractivity contribution in [3.05, 3.63) is 11.9 Å². The van der Waals surface area contributed by atoms with Crippen LogP contribution in [0.5, 0.6) is 0 Å². The summed E-state index contributed by atoms with van der Waals surface area (Å²) in [6, 6.07) is 0. The molecule has 0 radical (unpaired) electrons. The monoisotopic (exact) mass is 211 g/mol. The van der Waals surface area contributed by atoms with Crippen molar-refractivity contribution in [2.45, 2.75) is 31.7 Å². The third-order valence-electron chi connectivity index (χ3n) is 1.94. The van der Waals surface area contributed by atoms with Crippen molar-refractivity contribution in [3.63, 3.8) is 0 Å². The third-order valence-corrected chi connectivity index (χ3v) is 3.18. The van der Waals surface area contributed by atoms with Crippen molar-refractivity contribution in [3.8, 4) is 0 Å². The maximum atomic E-state index is 4.31. The maximum Gasteiger partial charge on any atom is 0.133 e. The minimum Gasteiger partial charge on any atom is -0.373 e. The zero-order chi connectivity index (χ0) is 10.4. The van der Waals surface area contributed by atoms with Crippen LogP contribution in [0.3, 0.4) is 0 Å². The van der Waals surface area contributed by atoms with Crippen LogP contribution < -0.4 is 5.32 Å². The summed E-state index contributed by atoms with van der Waals surface area (Å²) in [7, 11) is 1.90. The van der Waals surface area contributed by atoms with Crippen LogP contribution >= 0.6 is 11.8 Å². The molecule has 0 saturated heterocycles. The second kappa shape index (κ2) is 5.86. The molecule has 0 fully saturated rings. The van der Waals surface area contributed by atoms with Crippen LogP contribution in [-0.2, 0) is 6.42 Å². The second-order valence-electron chi connectivity index (χ2n) is 2.96. The highest BCUT2D eigenvalue weighted by molar-refractivity contribution is 7.99. The number of hydrogen-bond donors (Lipinski definition) is 1. The van der Waals surface area contributed by atoms with Crippen LogP contribution in [0.4, 0.5) is 5.82 Å². The Morgan fingerprint density at radius 3 is 2.71 bits per heavy atom. The van der Waals surface area contributed by atoms with E-state index in [9.17, 15) is 0 Å². The van der Waals surface area contributed by atoms with E-state index >= 15 is 0 Å². The van der Waals surface area contributed by atoms with Crippen LogP contribution in [0.2, 0.25) is 0 Å². The highest BCUT2D eigenvalue weighted by Crippen LogP contribution is 2.25. The van der Waals surface area contributed by atoms with E-state index in [1.165, 1.54) is 12.0 Å². The van der Waals surface area contributed by atoms with E-state index in [1.807, 2.05) is 18.8 Å². The fourth-order valence-electron chi connectivity index (χ4n) is 1.25. The lowest BCUT2D eigenvalue weighted by Crippen LogP contribution is -2.01. The zero-order valence-electron chi connectivity index (χ0n) is 9.00. The van der Waals surface area contributed by atoms with Crippen molar-refractivity contribution in [2.24, 2.45) is 0 Å². The molecule has 1 aromatic rings. The Bertz CT molecular complexity index is 289. The first-order chi connectivity index (χ1) is 6.83. The van der Waals surface area contributed by atoms with Gasteiger partial charge in [-0.3, -0.25) is 0 Å². The lowest BCUT2D eigenvalue weighted by molar-refractivity contribution is 0.943. The first-order valence-electron chi connectivity index (χ1n) is 4.97. The van der Waals surface area contributed by atoms with Gasteiger partial charge in [0.2, 0.25) is 0 Å². The van der Waals surface area contributed by atoms with Crippen molar-refractivity contribution in [1.29, 1.82) is 0 Å². The summed E-state index contributed by atoms with van der Waals surface area (Å²) < 4.78 is 0. The molecular formula is C10H17N3S. The van der Waals surface area contributed by atoms with E-state index in [4.69, 9.17) is 0 Å². The Morgan fingerprint density at radius 1 is 1.36 bits per heavy atom. The first-order valence-corrected chi connectivity index (χ1v) is 5.96. The Hall–Kier alpha value is -0.770. The van der Waals surface area contributed by atoms with Gasteiger partial charge in [0.25, 0.3) is 0 Å². The van der Waals surface area contributed by atoms with Crippen LogP contribution in [0.15, 0.2) is 11.4 Å². The Kier molecular flexibility index (Phi) is 4.73. The van der Waals surface area contributed by atoms with E-state index in [0.717, 1.165) is 23.0 Å². The zero-order valence-corrected chi connectivity index (χ0v) is 9.82. The topological polar surface area (TPSA) is 37.8 Å². The van der Waals surface area contributed by atoms with Gasteiger partial charge in [0, 0.05) is 12.6 Å². The molecule has 0 aliphatic carbocycles. The molecular weight excluding hydrogens is 194 g/mol. The second-order valence-corrected chi connectivity index (χ2v) is 4.04. The summed E-state index contributed by atoms with van der Waals surface area (Å²) >= 11 is 1.81. The number of rotatable bonds is 5. The number of hydrogen-bond acceptors (Lipinski definition) is 4. The van der Waals surface area contributed by atoms with Crippen molar-refractivity contribution in [1.82, 2.24) is 9.97 Å². The summed E-state index contributed by atoms with van der Waals surface area (Å²) in [6.07, 6.45) is 3.78. The van der Waals surface area contributed by atoms with E-state index in [0.29, 0.717) is 0 Å². The molecule has 1 N–H and O–H groups in total. The van der Waals surface area contributed by atoms with Crippen LogP contribution in [-0.4, -0.2) is 22.8 Å². The number of thioether (sulfide) groups is 1. The van der Waals surface area contributed by atoms with Gasteiger partial charge in [-0.25, -0.2) is 9.97 Å². The predicted octanol–water partition coefficient (Wildman–Crippen LogP) is 2.58. The Labute approximate surface area is 89.7 Å². The first kappa shape index (κ1) is 11.3. The standard InChI is InChI=1S/C10H17N3S/c1-4-6-14-10-8(5-2)9(11-3)12-7-13-10/h7H,4-6H2,1-3H3,(H,11,12,13). The molecule has 0 spiro atoms. The van der Waals surface area contributed by atoms with E-state index in [2.05, 4.69) is 29.1 Å². The van der Waals surface area contributed by atoms with E-state index in [-0.39, 0.29) is 0 Å². The van der Waals surface area contributed by atoms with Gasteiger partial charge < -0.3 is 5.32 Å². The van der Waals surface area contributed by atoms with Gasteiger partial charge in [0.05, 0.1) is 0 Å². The number of nitrogens with zero attached hydrogens (tertiary/aromatic N) is 2. The summed E-state index contributed by atoms with van der Waals surface area (Å²) in [6.45, 7) is 4.31. The SMILES string of the molecule is CCCSc1ncnc(NC)c1CC. The molecule has 0 atom stereocenters. The molecule has 0 bridgehead atoms. The summed E-state index contributed by atoms with van der Waals surface area (Å²) in [5, 5.41) is 4.22. The van der Waals surface area contributed by atoms with Crippen molar-refractivity contribution >= 4 is 17.6 Å². The van der Waals surface area contributed by atoms with Gasteiger partial charge in [-0.2, -0.15) is 0 Å². The Balaban J connectivity index is 2.90. The molecule has 1 aromatic heterocycles. The van der Waals surface area contributed by atoms with Gasteiger partial charge in [-0.05, 0) is 18.6 Å². The molecule has 0 amide bonds. The van der Waals surface area contributed by atoms with Crippen LogP contribution in [0.25, 0.3) is 0 Å². The summed E-state index contributed by atoms with van der Waals surface area (Å²) in [5.74, 6) is 2.08. The number of nitrogens with one attached hydrogen (secondary N) is 1. The van der Waals surface area contributed by atoms with Gasteiger partial charge in [-0.1, -0.05) is 13.8 Å². The molecule has 0 aromatic carbocycles. The molecule has 1 rings (SSSR count). The van der Waals surface area contributed by atoms with Gasteiger partial charge in [-0.15, -0.1) is 11.8 Å². The fourth-order valence-corrected chi connectivity index (χ4v) is 2.19. The minimum atomic E-state index is 0.959. The molecule has 14 heavy (non-hydrogen) atoms. The van der Waals surface area contributed by atoms with Gasteiger partial charge in [0.15, 0.2) is 0 Å².